The van der Waals surface area contributed by atoms with Gasteiger partial charge in [0, 0.05) is 26.2 Å². The molecular weight excluding hydrogens is 404 g/mol. The number of sulfonamides is 1. The number of benzene rings is 2. The van der Waals surface area contributed by atoms with Crippen molar-refractivity contribution < 1.29 is 22.7 Å². The summed E-state index contributed by atoms with van der Waals surface area (Å²) in [5.41, 5.74) is 2.91. The van der Waals surface area contributed by atoms with Crippen LogP contribution in [-0.4, -0.2) is 44.4 Å². The summed E-state index contributed by atoms with van der Waals surface area (Å²) < 4.78 is 29.3. The zero-order valence-electron chi connectivity index (χ0n) is 17.4. The number of hydrogen-bond acceptors (Lipinski definition) is 5. The normalized spacial score (nSPS) is 16.5. The summed E-state index contributed by atoms with van der Waals surface area (Å²) in [6, 6.07) is 15.0. The Kier molecular flexibility index (Phi) is 6.58. The Morgan fingerprint density at radius 3 is 2.30 bits per heavy atom. The molecule has 8 heteroatoms. The summed E-state index contributed by atoms with van der Waals surface area (Å²) in [6.45, 7) is 1.82. The van der Waals surface area contributed by atoms with E-state index in [2.05, 4.69) is 0 Å². The largest absolute Gasteiger partial charge is 0.427 e. The van der Waals surface area contributed by atoms with Gasteiger partial charge in [-0.05, 0) is 48.2 Å². The fourth-order valence-electron chi connectivity index (χ4n) is 3.43. The van der Waals surface area contributed by atoms with Crippen LogP contribution in [0.25, 0.3) is 0 Å². The van der Waals surface area contributed by atoms with Crippen LogP contribution in [-0.2, 0) is 26.0 Å². The minimum Gasteiger partial charge on any atom is -0.427 e. The average molecular weight is 431 g/mol. The van der Waals surface area contributed by atoms with Crippen LogP contribution in [0, 0.1) is 0 Å². The highest BCUT2D eigenvalue weighted by Crippen LogP contribution is 2.39. The molecule has 0 aromatic heterocycles. The molecule has 2 aromatic carbocycles. The number of β-lactam (4-membered cyclic amide) rings is 1. The average Bonchev–Trinajstić information content (AvgIpc) is 2.67. The fourth-order valence-corrected chi connectivity index (χ4v) is 3.89. The van der Waals surface area contributed by atoms with Gasteiger partial charge in [-0.15, -0.1) is 0 Å². The Bertz CT molecular complexity index is 1020. The molecular formula is C22H26N2O5S. The van der Waals surface area contributed by atoms with E-state index in [-0.39, 0.29) is 17.9 Å². The van der Waals surface area contributed by atoms with Crippen LogP contribution in [0.15, 0.2) is 48.5 Å². The molecule has 7 nitrogen and oxygen atoms in total. The van der Waals surface area contributed by atoms with Gasteiger partial charge in [0.25, 0.3) is 0 Å². The zero-order valence-corrected chi connectivity index (χ0v) is 18.2. The number of aryl methyl sites for hydroxylation is 1. The number of carbonyl (C=O) groups excluding carboxylic acids is 2. The van der Waals surface area contributed by atoms with E-state index >= 15 is 0 Å². The van der Waals surface area contributed by atoms with Crippen LogP contribution in [0.2, 0.25) is 0 Å². The van der Waals surface area contributed by atoms with Gasteiger partial charge in [-0.3, -0.25) is 9.59 Å². The molecule has 30 heavy (non-hydrogen) atoms. The molecule has 1 heterocycles. The lowest BCUT2D eigenvalue weighted by Crippen LogP contribution is -2.46. The van der Waals surface area contributed by atoms with Gasteiger partial charge in [0.2, 0.25) is 15.9 Å². The molecule has 1 fully saturated rings. The lowest BCUT2D eigenvalue weighted by Gasteiger charge is -2.41. The highest BCUT2D eigenvalue weighted by Gasteiger charge is 2.38. The van der Waals surface area contributed by atoms with Crippen molar-refractivity contribution in [2.24, 2.45) is 0 Å². The van der Waals surface area contributed by atoms with Crippen molar-refractivity contribution in [3.63, 3.8) is 0 Å². The Balaban J connectivity index is 1.62. The van der Waals surface area contributed by atoms with Crippen molar-refractivity contribution in [1.82, 2.24) is 4.31 Å². The SMILES string of the molecule is CC(=O)Oc1ccc([C@@H]2CC(=O)N2c2ccc(CCCN(C)S(C)(=O)=O)cc2)cc1. The van der Waals surface area contributed by atoms with Crippen LogP contribution in [0.1, 0.15) is 36.9 Å². The van der Waals surface area contributed by atoms with E-state index in [0.717, 1.165) is 29.7 Å². The number of ether oxygens (including phenoxy) is 1. The van der Waals surface area contributed by atoms with Crippen molar-refractivity contribution in [3.8, 4) is 5.75 Å². The minimum atomic E-state index is -3.15. The Morgan fingerprint density at radius 1 is 1.13 bits per heavy atom. The van der Waals surface area contributed by atoms with Gasteiger partial charge in [0.15, 0.2) is 0 Å². The number of hydrogen-bond donors (Lipinski definition) is 0. The van der Waals surface area contributed by atoms with Crippen LogP contribution in [0.3, 0.4) is 0 Å². The molecule has 0 saturated carbocycles. The monoisotopic (exact) mass is 430 g/mol. The summed E-state index contributed by atoms with van der Waals surface area (Å²) in [4.78, 5) is 25.1. The van der Waals surface area contributed by atoms with Crippen molar-refractivity contribution in [3.05, 3.63) is 59.7 Å². The van der Waals surface area contributed by atoms with Crippen molar-refractivity contribution >= 4 is 27.6 Å². The van der Waals surface area contributed by atoms with Gasteiger partial charge in [0.05, 0.1) is 18.7 Å². The summed E-state index contributed by atoms with van der Waals surface area (Å²) in [7, 11) is -1.58. The maximum Gasteiger partial charge on any atom is 0.308 e. The molecule has 0 N–H and O–H groups in total. The first-order chi connectivity index (χ1) is 14.1. The standard InChI is InChI=1S/C22H26N2O5S/c1-16(25)29-20-12-8-18(9-13-20)21-15-22(26)24(21)19-10-6-17(7-11-19)5-4-14-23(2)30(3,27)28/h6-13,21H,4-5,14-15H2,1-3H3/t21-/m0/s1. The van der Waals surface area contributed by atoms with Gasteiger partial charge in [0.1, 0.15) is 5.75 Å². The molecule has 1 atom stereocenters. The van der Waals surface area contributed by atoms with Gasteiger partial charge < -0.3 is 9.64 Å². The lowest BCUT2D eigenvalue weighted by atomic mass is 9.92. The van der Waals surface area contributed by atoms with Gasteiger partial charge >= 0.3 is 5.97 Å². The Morgan fingerprint density at radius 2 is 1.77 bits per heavy atom. The van der Waals surface area contributed by atoms with Crippen molar-refractivity contribution in [1.29, 1.82) is 0 Å². The number of amides is 1. The Hall–Kier alpha value is -2.71. The second-order valence-corrected chi connectivity index (χ2v) is 9.59. The third-order valence-electron chi connectivity index (χ3n) is 5.19. The molecule has 0 unspecified atom stereocenters. The van der Waals surface area contributed by atoms with Crippen LogP contribution >= 0.6 is 0 Å². The van der Waals surface area contributed by atoms with Gasteiger partial charge in [-0.1, -0.05) is 24.3 Å². The van der Waals surface area contributed by atoms with Crippen molar-refractivity contribution in [2.45, 2.75) is 32.2 Å². The molecule has 0 bridgehead atoms. The first-order valence-corrected chi connectivity index (χ1v) is 11.6. The second-order valence-electron chi connectivity index (χ2n) is 7.50. The van der Waals surface area contributed by atoms with Gasteiger partial charge in [-0.2, -0.15) is 0 Å². The van der Waals surface area contributed by atoms with Crippen LogP contribution in [0.4, 0.5) is 5.69 Å². The van der Waals surface area contributed by atoms with E-state index in [9.17, 15) is 18.0 Å². The van der Waals surface area contributed by atoms with E-state index < -0.39 is 10.0 Å². The fraction of sp³-hybridized carbons (Fsp3) is 0.364. The first-order valence-electron chi connectivity index (χ1n) is 9.76. The number of nitrogens with zero attached hydrogens (tertiary/aromatic N) is 2. The molecule has 0 aliphatic carbocycles. The van der Waals surface area contributed by atoms with E-state index in [1.54, 1.807) is 24.1 Å². The molecule has 1 saturated heterocycles. The maximum absolute atomic E-state index is 12.2. The van der Waals surface area contributed by atoms with Crippen LogP contribution in [0.5, 0.6) is 5.75 Å². The number of anilines is 1. The highest BCUT2D eigenvalue weighted by atomic mass is 32.2. The summed E-state index contributed by atoms with van der Waals surface area (Å²) in [6.07, 6.45) is 3.12. The molecule has 0 spiro atoms. The predicted molar refractivity (Wildman–Crippen MR) is 115 cm³/mol. The topological polar surface area (TPSA) is 84.0 Å². The van der Waals surface area contributed by atoms with E-state index in [0.29, 0.717) is 18.7 Å². The van der Waals surface area contributed by atoms with E-state index in [4.69, 9.17) is 4.74 Å². The molecule has 3 rings (SSSR count). The first kappa shape index (κ1) is 22.0. The molecule has 2 aromatic rings. The molecule has 1 aliphatic heterocycles. The van der Waals surface area contributed by atoms with Gasteiger partial charge in [-0.25, -0.2) is 12.7 Å². The third-order valence-corrected chi connectivity index (χ3v) is 6.51. The third kappa shape index (κ3) is 5.25. The number of esters is 1. The molecule has 1 aliphatic rings. The minimum absolute atomic E-state index is 0.0434. The quantitative estimate of drug-likeness (QED) is 0.365. The lowest BCUT2D eigenvalue weighted by molar-refractivity contribution is -0.131. The molecule has 1 amide bonds. The zero-order chi connectivity index (χ0) is 21.9. The number of carbonyl (C=O) groups is 2. The summed E-state index contributed by atoms with van der Waals surface area (Å²) >= 11 is 0. The van der Waals surface area contributed by atoms with Crippen LogP contribution < -0.4 is 9.64 Å². The molecule has 160 valence electrons. The number of rotatable bonds is 8. The maximum atomic E-state index is 12.2. The van der Waals surface area contributed by atoms with E-state index in [1.807, 2.05) is 36.4 Å². The highest BCUT2D eigenvalue weighted by molar-refractivity contribution is 7.88. The summed E-state index contributed by atoms with van der Waals surface area (Å²) in [5.74, 6) is 0.173. The Labute approximate surface area is 177 Å². The van der Waals surface area contributed by atoms with Crippen molar-refractivity contribution in [2.75, 3.05) is 24.7 Å². The molecule has 0 radical (unpaired) electrons. The van der Waals surface area contributed by atoms with E-state index in [1.165, 1.54) is 17.5 Å². The smallest absolute Gasteiger partial charge is 0.308 e. The summed E-state index contributed by atoms with van der Waals surface area (Å²) in [5, 5.41) is 0. The predicted octanol–water partition coefficient (Wildman–Crippen LogP) is 2.91. The second kappa shape index (κ2) is 8.97.